The first-order chi connectivity index (χ1) is 9.39. The molecule has 0 bridgehead atoms. The fraction of sp³-hybridized carbons (Fsp3) is 0.0909. The van der Waals surface area contributed by atoms with Crippen LogP contribution in [0.25, 0.3) is 0 Å². The van der Waals surface area contributed by atoms with Crippen LogP contribution >= 0.6 is 0 Å². The highest BCUT2D eigenvalue weighted by Gasteiger charge is 2.34. The molecule has 0 N–H and O–H groups in total. The molecule has 0 aliphatic carbocycles. The van der Waals surface area contributed by atoms with Gasteiger partial charge in [0.25, 0.3) is 0 Å². The summed E-state index contributed by atoms with van der Waals surface area (Å²) in [5.41, 5.74) is -1.67. The molecule has 2 aromatic rings. The lowest BCUT2D eigenvalue weighted by atomic mass is 10.2. The Morgan fingerprint density at radius 2 is 1.95 bits per heavy atom. The van der Waals surface area contributed by atoms with Crippen LogP contribution in [-0.2, 0) is 6.18 Å². The number of ether oxygens (including phenoxy) is 1. The van der Waals surface area contributed by atoms with Gasteiger partial charge in [-0.2, -0.15) is 18.2 Å². The lowest BCUT2D eigenvalue weighted by Gasteiger charge is -2.12. The predicted octanol–water partition coefficient (Wildman–Crippen LogP) is 3.20. The molecule has 0 aliphatic heterocycles. The summed E-state index contributed by atoms with van der Waals surface area (Å²) in [6, 6.07) is 4.36. The van der Waals surface area contributed by atoms with Crippen molar-refractivity contribution in [2.24, 2.45) is 0 Å². The van der Waals surface area contributed by atoms with Crippen LogP contribution in [0.2, 0.25) is 0 Å². The molecular weight excluding hydrogens is 279 g/mol. The lowest BCUT2D eigenvalue weighted by Crippen LogP contribution is -2.07. The summed E-state index contributed by atoms with van der Waals surface area (Å²) in [4.78, 5) is 16.8. The quantitative estimate of drug-likeness (QED) is 0.639. The number of hydrogen-bond acceptors (Lipinski definition) is 5. The van der Waals surface area contributed by atoms with Crippen LogP contribution in [0.3, 0.4) is 0 Å². The third kappa shape index (κ3) is 2.82. The van der Waals surface area contributed by atoms with E-state index in [0.29, 0.717) is 0 Å². The van der Waals surface area contributed by atoms with E-state index in [1.54, 1.807) is 0 Å². The van der Waals surface area contributed by atoms with E-state index in [-0.39, 0.29) is 0 Å². The van der Waals surface area contributed by atoms with Gasteiger partial charge in [-0.25, -0.2) is 4.98 Å². The van der Waals surface area contributed by atoms with Gasteiger partial charge >= 0.3 is 17.7 Å². The Kier molecular flexibility index (Phi) is 3.51. The zero-order valence-corrected chi connectivity index (χ0v) is 9.66. The van der Waals surface area contributed by atoms with Gasteiger partial charge in [0.2, 0.25) is 0 Å². The van der Waals surface area contributed by atoms with Gasteiger partial charge in [0.15, 0.2) is 0 Å². The van der Waals surface area contributed by atoms with Gasteiger partial charge in [-0.3, -0.25) is 10.1 Å². The molecule has 6 nitrogen and oxygen atoms in total. The standard InChI is InChI=1S/C11H6F3N3O3/c12-11(13,14)7-3-1-2-4-9(7)20-10-8(17(18)19)5-15-6-16-10/h1-6H. The Labute approximate surface area is 110 Å². The van der Waals surface area contributed by atoms with Crippen LogP contribution in [0.4, 0.5) is 18.9 Å². The van der Waals surface area contributed by atoms with Crippen molar-refractivity contribution < 1.29 is 22.8 Å². The zero-order valence-electron chi connectivity index (χ0n) is 9.66. The average molecular weight is 285 g/mol. The van der Waals surface area contributed by atoms with Crippen molar-refractivity contribution >= 4 is 5.69 Å². The van der Waals surface area contributed by atoms with Crippen molar-refractivity contribution in [2.45, 2.75) is 6.18 Å². The zero-order chi connectivity index (χ0) is 14.8. The van der Waals surface area contributed by atoms with Crippen molar-refractivity contribution in [3.8, 4) is 11.6 Å². The van der Waals surface area contributed by atoms with Gasteiger partial charge in [-0.05, 0) is 12.1 Å². The maximum absolute atomic E-state index is 12.8. The van der Waals surface area contributed by atoms with E-state index >= 15 is 0 Å². The number of benzene rings is 1. The summed E-state index contributed by atoms with van der Waals surface area (Å²) in [7, 11) is 0. The number of aromatic nitrogens is 2. The summed E-state index contributed by atoms with van der Waals surface area (Å²) < 4.78 is 43.2. The van der Waals surface area contributed by atoms with Crippen molar-refractivity contribution in [1.82, 2.24) is 9.97 Å². The second-order valence-electron chi connectivity index (χ2n) is 3.57. The summed E-state index contributed by atoms with van der Waals surface area (Å²) in [5.74, 6) is -1.12. The van der Waals surface area contributed by atoms with Gasteiger partial charge in [0.05, 0.1) is 10.5 Å². The van der Waals surface area contributed by atoms with Gasteiger partial charge in [-0.1, -0.05) is 12.1 Å². The topological polar surface area (TPSA) is 78.2 Å². The highest BCUT2D eigenvalue weighted by Crippen LogP contribution is 2.38. The van der Waals surface area contributed by atoms with Gasteiger partial charge in [0.1, 0.15) is 18.3 Å². The van der Waals surface area contributed by atoms with Crippen molar-refractivity contribution in [3.05, 3.63) is 52.5 Å². The monoisotopic (exact) mass is 285 g/mol. The minimum atomic E-state index is -4.64. The largest absolute Gasteiger partial charge is 0.433 e. The number of hydrogen-bond donors (Lipinski definition) is 0. The second-order valence-corrected chi connectivity index (χ2v) is 3.57. The molecule has 104 valence electrons. The first-order valence-corrected chi connectivity index (χ1v) is 5.18. The summed E-state index contributed by atoms with van der Waals surface area (Å²) in [6.45, 7) is 0. The molecule has 2 rings (SSSR count). The summed E-state index contributed by atoms with van der Waals surface area (Å²) in [6.07, 6.45) is -2.85. The van der Waals surface area contributed by atoms with E-state index in [1.807, 2.05) is 0 Å². The third-order valence-corrected chi connectivity index (χ3v) is 2.25. The average Bonchev–Trinajstić information content (AvgIpc) is 2.38. The van der Waals surface area contributed by atoms with Crippen LogP contribution in [0.5, 0.6) is 11.6 Å². The van der Waals surface area contributed by atoms with Crippen molar-refractivity contribution in [1.29, 1.82) is 0 Å². The van der Waals surface area contributed by atoms with E-state index in [0.717, 1.165) is 24.7 Å². The van der Waals surface area contributed by atoms with E-state index in [1.165, 1.54) is 12.1 Å². The van der Waals surface area contributed by atoms with Crippen LogP contribution in [-0.4, -0.2) is 14.9 Å². The number of halogens is 3. The molecule has 0 unspecified atom stereocenters. The highest BCUT2D eigenvalue weighted by atomic mass is 19.4. The predicted molar refractivity (Wildman–Crippen MR) is 60.2 cm³/mol. The fourth-order valence-electron chi connectivity index (χ4n) is 1.41. The molecule has 0 radical (unpaired) electrons. The molecule has 1 heterocycles. The molecule has 0 amide bonds. The molecule has 0 spiro atoms. The molecule has 1 aromatic heterocycles. The second kappa shape index (κ2) is 5.11. The highest BCUT2D eigenvalue weighted by molar-refractivity contribution is 5.44. The van der Waals surface area contributed by atoms with Crippen LogP contribution < -0.4 is 4.74 Å². The smallest absolute Gasteiger partial charge is 0.419 e. The van der Waals surface area contributed by atoms with Crippen molar-refractivity contribution in [2.75, 3.05) is 0 Å². The van der Waals surface area contributed by atoms with E-state index < -0.39 is 34.0 Å². The van der Waals surface area contributed by atoms with Crippen LogP contribution in [0, 0.1) is 10.1 Å². The number of rotatable bonds is 3. The number of nitrogens with zero attached hydrogens (tertiary/aromatic N) is 3. The van der Waals surface area contributed by atoms with Gasteiger partial charge < -0.3 is 4.74 Å². The maximum atomic E-state index is 12.8. The molecule has 9 heteroatoms. The molecule has 20 heavy (non-hydrogen) atoms. The molecule has 0 fully saturated rings. The molecule has 0 atom stereocenters. The Hall–Kier alpha value is -2.71. The molecule has 1 aromatic carbocycles. The third-order valence-electron chi connectivity index (χ3n) is 2.25. The Morgan fingerprint density at radius 3 is 2.60 bits per heavy atom. The maximum Gasteiger partial charge on any atom is 0.419 e. The van der Waals surface area contributed by atoms with Crippen LogP contribution in [0.15, 0.2) is 36.8 Å². The van der Waals surface area contributed by atoms with E-state index in [2.05, 4.69) is 9.97 Å². The molecule has 0 saturated carbocycles. The van der Waals surface area contributed by atoms with Crippen molar-refractivity contribution in [3.63, 3.8) is 0 Å². The van der Waals surface area contributed by atoms with Gasteiger partial charge in [0, 0.05) is 0 Å². The van der Waals surface area contributed by atoms with Crippen LogP contribution in [0.1, 0.15) is 5.56 Å². The summed E-state index contributed by atoms with van der Waals surface area (Å²) >= 11 is 0. The number of alkyl halides is 3. The molecule has 0 saturated heterocycles. The Balaban J connectivity index is 2.44. The molecule has 0 aliphatic rings. The first-order valence-electron chi connectivity index (χ1n) is 5.18. The first kappa shape index (κ1) is 13.7. The lowest BCUT2D eigenvalue weighted by molar-refractivity contribution is -0.386. The van der Waals surface area contributed by atoms with E-state index in [4.69, 9.17) is 4.74 Å². The number of para-hydroxylation sites is 1. The Bertz CT molecular complexity index is 646. The Morgan fingerprint density at radius 1 is 1.25 bits per heavy atom. The van der Waals surface area contributed by atoms with E-state index in [9.17, 15) is 23.3 Å². The summed E-state index contributed by atoms with van der Waals surface area (Å²) in [5, 5.41) is 10.7. The number of nitro groups is 1. The SMILES string of the molecule is O=[N+]([O-])c1cncnc1Oc1ccccc1C(F)(F)F. The normalized spacial score (nSPS) is 11.2. The minimum Gasteiger partial charge on any atom is -0.433 e. The van der Waals surface area contributed by atoms with Gasteiger partial charge in [-0.15, -0.1) is 0 Å². The fourth-order valence-corrected chi connectivity index (χ4v) is 1.41. The molecular formula is C11H6F3N3O3. The minimum absolute atomic E-state index is 0.554.